The summed E-state index contributed by atoms with van der Waals surface area (Å²) in [6.45, 7) is 1.27. The lowest BCUT2D eigenvalue weighted by atomic mass is 10.2. The Labute approximate surface area is 157 Å². The number of imide groups is 1. The molecule has 1 aliphatic rings. The van der Waals surface area contributed by atoms with Gasteiger partial charge in [-0.1, -0.05) is 12.1 Å². The Bertz CT molecular complexity index is 741. The maximum Gasteiger partial charge on any atom is 0.328 e. The van der Waals surface area contributed by atoms with Gasteiger partial charge < -0.3 is 14.8 Å². The minimum absolute atomic E-state index is 0.263. The van der Waals surface area contributed by atoms with E-state index in [9.17, 15) is 19.2 Å². The number of hydrogen-bond acceptors (Lipinski definition) is 6. The lowest BCUT2D eigenvalue weighted by molar-refractivity contribution is -0.156. The molecule has 27 heavy (non-hydrogen) atoms. The summed E-state index contributed by atoms with van der Waals surface area (Å²) in [6, 6.07) is 6.16. The molecule has 1 fully saturated rings. The van der Waals surface area contributed by atoms with Gasteiger partial charge in [-0.3, -0.25) is 19.3 Å². The Kier molecular flexibility index (Phi) is 7.10. The van der Waals surface area contributed by atoms with Gasteiger partial charge in [-0.05, 0) is 37.1 Å². The van der Waals surface area contributed by atoms with Gasteiger partial charge in [-0.25, -0.2) is 4.79 Å². The van der Waals surface area contributed by atoms with Crippen LogP contribution in [0.2, 0.25) is 0 Å². The highest BCUT2D eigenvalue weighted by Crippen LogP contribution is 2.12. The summed E-state index contributed by atoms with van der Waals surface area (Å²) in [4.78, 5) is 48.2. The summed E-state index contributed by atoms with van der Waals surface area (Å²) in [5.74, 6) is -1.33. The number of likely N-dealkylation sites (tertiary alicyclic amines) is 1. The van der Waals surface area contributed by atoms with Crippen LogP contribution in [0.4, 0.5) is 0 Å². The Morgan fingerprint density at radius 2 is 1.96 bits per heavy atom. The van der Waals surface area contributed by atoms with Crippen molar-refractivity contribution in [3.05, 3.63) is 35.9 Å². The predicted molar refractivity (Wildman–Crippen MR) is 96.5 cm³/mol. The van der Waals surface area contributed by atoms with E-state index in [0.29, 0.717) is 25.1 Å². The molecule has 8 nitrogen and oxygen atoms in total. The molecule has 0 unspecified atom stereocenters. The Morgan fingerprint density at radius 1 is 1.26 bits per heavy atom. The van der Waals surface area contributed by atoms with E-state index < -0.39 is 30.4 Å². The van der Waals surface area contributed by atoms with E-state index in [2.05, 4.69) is 5.32 Å². The zero-order chi connectivity index (χ0) is 19.8. The SMILES string of the molecule is COc1ccc(/C=C/C(=O)N[C@@H](C)C(=O)OCC(=O)N2CCCC2=O)cc1. The first-order valence-electron chi connectivity index (χ1n) is 8.53. The van der Waals surface area contributed by atoms with Crippen LogP contribution in [0, 0.1) is 0 Å². The van der Waals surface area contributed by atoms with Gasteiger partial charge in [0.15, 0.2) is 6.61 Å². The number of rotatable bonds is 7. The first-order valence-corrected chi connectivity index (χ1v) is 8.53. The molecule has 0 spiro atoms. The molecule has 8 heteroatoms. The molecule has 0 aliphatic carbocycles. The standard InChI is InChI=1S/C19H22N2O6/c1-13(19(25)27-12-18(24)21-11-3-4-17(21)23)20-16(22)10-7-14-5-8-15(26-2)9-6-14/h5-10,13H,3-4,11-12H2,1-2H3,(H,20,22)/b10-7+/t13-/m0/s1. The van der Waals surface area contributed by atoms with Gasteiger partial charge in [0.1, 0.15) is 11.8 Å². The van der Waals surface area contributed by atoms with Crippen LogP contribution in [0.3, 0.4) is 0 Å². The largest absolute Gasteiger partial charge is 0.497 e. The topological polar surface area (TPSA) is 102 Å². The number of carbonyl (C=O) groups is 4. The molecule has 144 valence electrons. The van der Waals surface area contributed by atoms with Gasteiger partial charge >= 0.3 is 5.97 Å². The molecule has 0 radical (unpaired) electrons. The van der Waals surface area contributed by atoms with Crippen LogP contribution in [-0.2, 0) is 23.9 Å². The van der Waals surface area contributed by atoms with Crippen molar-refractivity contribution in [1.82, 2.24) is 10.2 Å². The molecule has 1 atom stereocenters. The van der Waals surface area contributed by atoms with E-state index in [1.54, 1.807) is 37.5 Å². The maximum absolute atomic E-state index is 11.9. The molecule has 2 rings (SSSR count). The van der Waals surface area contributed by atoms with Crippen LogP contribution in [0.1, 0.15) is 25.3 Å². The summed E-state index contributed by atoms with van der Waals surface area (Å²) < 4.78 is 9.93. The van der Waals surface area contributed by atoms with Crippen molar-refractivity contribution in [2.75, 3.05) is 20.3 Å². The van der Waals surface area contributed by atoms with Crippen LogP contribution in [0.15, 0.2) is 30.3 Å². The van der Waals surface area contributed by atoms with Crippen LogP contribution in [0.25, 0.3) is 6.08 Å². The third-order valence-corrected chi connectivity index (χ3v) is 3.97. The number of nitrogens with zero attached hydrogens (tertiary/aromatic N) is 1. The van der Waals surface area contributed by atoms with E-state index in [1.165, 1.54) is 13.0 Å². The Morgan fingerprint density at radius 3 is 2.56 bits per heavy atom. The van der Waals surface area contributed by atoms with Crippen LogP contribution < -0.4 is 10.1 Å². The molecule has 0 bridgehead atoms. The second-order valence-corrected chi connectivity index (χ2v) is 5.99. The molecule has 1 saturated heterocycles. The van der Waals surface area contributed by atoms with Crippen molar-refractivity contribution in [1.29, 1.82) is 0 Å². The summed E-state index contributed by atoms with van der Waals surface area (Å²) in [7, 11) is 1.56. The normalized spacial score (nSPS) is 14.9. The lowest BCUT2D eigenvalue weighted by Gasteiger charge is -2.15. The molecular weight excluding hydrogens is 352 g/mol. The summed E-state index contributed by atoms with van der Waals surface area (Å²) >= 11 is 0. The van der Waals surface area contributed by atoms with Crippen LogP contribution in [0.5, 0.6) is 5.75 Å². The van der Waals surface area contributed by atoms with Crippen molar-refractivity contribution < 1.29 is 28.7 Å². The number of benzene rings is 1. The van der Waals surface area contributed by atoms with Crippen molar-refractivity contribution in [3.63, 3.8) is 0 Å². The molecule has 0 aromatic heterocycles. The minimum atomic E-state index is -0.930. The second kappa shape index (κ2) is 9.51. The summed E-state index contributed by atoms with van der Waals surface area (Å²) in [6.07, 6.45) is 3.83. The molecule has 3 amide bonds. The zero-order valence-corrected chi connectivity index (χ0v) is 15.3. The van der Waals surface area contributed by atoms with E-state index in [0.717, 1.165) is 10.5 Å². The lowest BCUT2D eigenvalue weighted by Crippen LogP contribution is -2.41. The Balaban J connectivity index is 1.77. The van der Waals surface area contributed by atoms with E-state index in [4.69, 9.17) is 9.47 Å². The fourth-order valence-corrected chi connectivity index (χ4v) is 2.45. The minimum Gasteiger partial charge on any atom is -0.497 e. The van der Waals surface area contributed by atoms with Crippen molar-refractivity contribution in [2.24, 2.45) is 0 Å². The highest BCUT2D eigenvalue weighted by Gasteiger charge is 2.27. The van der Waals surface area contributed by atoms with E-state index in [-0.39, 0.29) is 5.91 Å². The molecular formula is C19H22N2O6. The van der Waals surface area contributed by atoms with Gasteiger partial charge in [0, 0.05) is 19.0 Å². The highest BCUT2D eigenvalue weighted by molar-refractivity contribution is 5.98. The molecule has 1 aromatic rings. The first kappa shape index (κ1) is 20.2. The number of nitrogens with one attached hydrogen (secondary N) is 1. The van der Waals surface area contributed by atoms with Crippen LogP contribution in [-0.4, -0.2) is 54.9 Å². The number of ether oxygens (including phenoxy) is 2. The average molecular weight is 374 g/mol. The molecule has 1 N–H and O–H groups in total. The molecule has 1 aliphatic heterocycles. The number of methoxy groups -OCH3 is 1. The molecule has 0 saturated carbocycles. The van der Waals surface area contributed by atoms with Crippen molar-refractivity contribution in [3.8, 4) is 5.75 Å². The zero-order valence-electron chi connectivity index (χ0n) is 15.3. The maximum atomic E-state index is 11.9. The molecule has 1 aromatic carbocycles. The first-order chi connectivity index (χ1) is 12.9. The van der Waals surface area contributed by atoms with E-state index >= 15 is 0 Å². The number of hydrogen-bond donors (Lipinski definition) is 1. The summed E-state index contributed by atoms with van der Waals surface area (Å²) in [5, 5.41) is 2.46. The highest BCUT2D eigenvalue weighted by atomic mass is 16.5. The van der Waals surface area contributed by atoms with Gasteiger partial charge in [0.25, 0.3) is 5.91 Å². The quantitative estimate of drug-likeness (QED) is 0.562. The third-order valence-electron chi connectivity index (χ3n) is 3.97. The molecule has 1 heterocycles. The number of carbonyl (C=O) groups excluding carboxylic acids is 4. The fraction of sp³-hybridized carbons (Fsp3) is 0.368. The third kappa shape index (κ3) is 5.95. The summed E-state index contributed by atoms with van der Waals surface area (Å²) in [5.41, 5.74) is 0.794. The number of amides is 3. The predicted octanol–water partition coefficient (Wildman–Crippen LogP) is 0.905. The number of esters is 1. The fourth-order valence-electron chi connectivity index (χ4n) is 2.45. The average Bonchev–Trinajstić information content (AvgIpc) is 3.10. The Hall–Kier alpha value is -3.16. The van der Waals surface area contributed by atoms with Gasteiger partial charge in [-0.2, -0.15) is 0 Å². The van der Waals surface area contributed by atoms with Crippen LogP contribution >= 0.6 is 0 Å². The van der Waals surface area contributed by atoms with E-state index in [1.807, 2.05) is 0 Å². The van der Waals surface area contributed by atoms with Crippen molar-refractivity contribution >= 4 is 29.8 Å². The van der Waals surface area contributed by atoms with Crippen molar-refractivity contribution in [2.45, 2.75) is 25.8 Å². The van der Waals surface area contributed by atoms with Gasteiger partial charge in [0.2, 0.25) is 11.8 Å². The van der Waals surface area contributed by atoms with Gasteiger partial charge in [-0.15, -0.1) is 0 Å². The smallest absolute Gasteiger partial charge is 0.328 e. The monoisotopic (exact) mass is 374 g/mol. The second-order valence-electron chi connectivity index (χ2n) is 5.99. The van der Waals surface area contributed by atoms with Gasteiger partial charge in [0.05, 0.1) is 7.11 Å².